The Hall–Kier alpha value is -3.04. The van der Waals surface area contributed by atoms with Crippen molar-refractivity contribution in [2.24, 2.45) is 0 Å². The summed E-state index contributed by atoms with van der Waals surface area (Å²) in [6, 6.07) is 16.3. The summed E-state index contributed by atoms with van der Waals surface area (Å²) in [6.07, 6.45) is 0. The number of benzene rings is 2. The predicted octanol–water partition coefficient (Wildman–Crippen LogP) is 2.94. The number of ether oxygens (including phenoxy) is 1. The Morgan fingerprint density at radius 1 is 1.17 bits per heavy atom. The third-order valence-electron chi connectivity index (χ3n) is 3.29. The van der Waals surface area contributed by atoms with Gasteiger partial charge in [0.05, 0.1) is 18.2 Å². The SMILES string of the molecule is COCCNc1ccc(CNC(=O)Nc2cccc(C#N)c2)cc1. The van der Waals surface area contributed by atoms with Gasteiger partial charge in [-0.3, -0.25) is 0 Å². The zero-order valence-electron chi connectivity index (χ0n) is 13.5. The Kier molecular flexibility index (Phi) is 6.62. The lowest BCUT2D eigenvalue weighted by Gasteiger charge is -2.09. The van der Waals surface area contributed by atoms with E-state index in [1.807, 2.05) is 30.3 Å². The number of hydrogen-bond acceptors (Lipinski definition) is 4. The van der Waals surface area contributed by atoms with Crippen LogP contribution < -0.4 is 16.0 Å². The first kappa shape index (κ1) is 17.3. The first-order valence-corrected chi connectivity index (χ1v) is 7.58. The van der Waals surface area contributed by atoms with Crippen LogP contribution in [0.1, 0.15) is 11.1 Å². The number of methoxy groups -OCH3 is 1. The molecule has 2 amide bonds. The van der Waals surface area contributed by atoms with Crippen LogP contribution in [-0.4, -0.2) is 26.3 Å². The molecule has 0 fully saturated rings. The lowest BCUT2D eigenvalue weighted by atomic mass is 10.2. The van der Waals surface area contributed by atoms with Crippen LogP contribution in [0.3, 0.4) is 0 Å². The average molecular weight is 324 g/mol. The fraction of sp³-hybridized carbons (Fsp3) is 0.222. The number of urea groups is 1. The molecule has 0 bridgehead atoms. The molecule has 0 aliphatic heterocycles. The van der Waals surface area contributed by atoms with Crippen molar-refractivity contribution in [1.82, 2.24) is 5.32 Å². The van der Waals surface area contributed by atoms with Crippen molar-refractivity contribution in [3.63, 3.8) is 0 Å². The van der Waals surface area contributed by atoms with Gasteiger partial charge in [-0.05, 0) is 35.9 Å². The smallest absolute Gasteiger partial charge is 0.319 e. The first-order chi connectivity index (χ1) is 11.7. The molecule has 0 saturated carbocycles. The summed E-state index contributed by atoms with van der Waals surface area (Å²) in [5.41, 5.74) is 3.09. The molecular weight excluding hydrogens is 304 g/mol. The van der Waals surface area contributed by atoms with E-state index in [0.717, 1.165) is 17.8 Å². The normalized spacial score (nSPS) is 9.83. The number of rotatable bonds is 7. The lowest BCUT2D eigenvalue weighted by molar-refractivity contribution is 0.211. The molecule has 6 nitrogen and oxygen atoms in total. The Morgan fingerprint density at radius 2 is 1.96 bits per heavy atom. The van der Waals surface area contributed by atoms with Crippen molar-refractivity contribution < 1.29 is 9.53 Å². The van der Waals surface area contributed by atoms with E-state index in [-0.39, 0.29) is 6.03 Å². The van der Waals surface area contributed by atoms with Crippen molar-refractivity contribution in [3.05, 3.63) is 59.7 Å². The van der Waals surface area contributed by atoms with E-state index in [4.69, 9.17) is 10.00 Å². The summed E-state index contributed by atoms with van der Waals surface area (Å²) in [6.45, 7) is 1.82. The van der Waals surface area contributed by atoms with Gasteiger partial charge in [0.1, 0.15) is 0 Å². The van der Waals surface area contributed by atoms with Crippen LogP contribution >= 0.6 is 0 Å². The van der Waals surface area contributed by atoms with Gasteiger partial charge in [0.2, 0.25) is 0 Å². The van der Waals surface area contributed by atoms with E-state index >= 15 is 0 Å². The fourth-order valence-electron chi connectivity index (χ4n) is 2.06. The van der Waals surface area contributed by atoms with Gasteiger partial charge in [-0.1, -0.05) is 18.2 Å². The average Bonchev–Trinajstić information content (AvgIpc) is 2.61. The topological polar surface area (TPSA) is 86.2 Å². The molecule has 2 aromatic carbocycles. The van der Waals surface area contributed by atoms with Crippen LogP contribution in [0.25, 0.3) is 0 Å². The van der Waals surface area contributed by atoms with Crippen molar-refractivity contribution >= 4 is 17.4 Å². The van der Waals surface area contributed by atoms with Gasteiger partial charge in [0.15, 0.2) is 0 Å². The molecule has 0 saturated heterocycles. The zero-order valence-corrected chi connectivity index (χ0v) is 13.5. The largest absolute Gasteiger partial charge is 0.383 e. The Balaban J connectivity index is 1.80. The van der Waals surface area contributed by atoms with Crippen LogP contribution in [0.15, 0.2) is 48.5 Å². The summed E-state index contributed by atoms with van der Waals surface area (Å²) in [4.78, 5) is 11.9. The number of nitrogens with one attached hydrogen (secondary N) is 3. The molecule has 2 aromatic rings. The molecule has 24 heavy (non-hydrogen) atoms. The third-order valence-corrected chi connectivity index (χ3v) is 3.29. The van der Waals surface area contributed by atoms with Gasteiger partial charge in [0, 0.05) is 31.6 Å². The molecule has 0 atom stereocenters. The molecule has 6 heteroatoms. The molecule has 124 valence electrons. The van der Waals surface area contributed by atoms with Gasteiger partial charge in [-0.15, -0.1) is 0 Å². The number of nitrogens with zero attached hydrogens (tertiary/aromatic N) is 1. The maximum absolute atomic E-state index is 11.9. The third kappa shape index (κ3) is 5.63. The summed E-state index contributed by atoms with van der Waals surface area (Å²) < 4.78 is 4.98. The second-order valence-corrected chi connectivity index (χ2v) is 5.12. The highest BCUT2D eigenvalue weighted by Gasteiger charge is 2.03. The van der Waals surface area contributed by atoms with E-state index in [1.54, 1.807) is 31.4 Å². The Bertz CT molecular complexity index is 708. The number of carbonyl (C=O) groups is 1. The summed E-state index contributed by atoms with van der Waals surface area (Å²) in [5.74, 6) is 0. The van der Waals surface area contributed by atoms with Gasteiger partial charge >= 0.3 is 6.03 Å². The minimum Gasteiger partial charge on any atom is -0.383 e. The number of anilines is 2. The summed E-state index contributed by atoms with van der Waals surface area (Å²) >= 11 is 0. The molecular formula is C18H20N4O2. The molecule has 3 N–H and O–H groups in total. The van der Waals surface area contributed by atoms with Crippen LogP contribution in [0.5, 0.6) is 0 Å². The molecule has 2 rings (SSSR count). The van der Waals surface area contributed by atoms with Crippen molar-refractivity contribution in [2.45, 2.75) is 6.54 Å². The van der Waals surface area contributed by atoms with Gasteiger partial charge in [-0.2, -0.15) is 5.26 Å². The van der Waals surface area contributed by atoms with Crippen LogP contribution in [-0.2, 0) is 11.3 Å². The number of amides is 2. The maximum Gasteiger partial charge on any atom is 0.319 e. The van der Waals surface area contributed by atoms with Crippen molar-refractivity contribution in [1.29, 1.82) is 5.26 Å². The minimum atomic E-state index is -0.313. The van der Waals surface area contributed by atoms with Gasteiger partial charge in [-0.25, -0.2) is 4.79 Å². The standard InChI is InChI=1S/C18H20N4O2/c1-24-10-9-20-16-7-5-14(6-8-16)13-21-18(23)22-17-4-2-3-15(11-17)12-19/h2-8,11,20H,9-10,13H2,1H3,(H2,21,22,23). The van der Waals surface area contributed by atoms with Crippen molar-refractivity contribution in [3.8, 4) is 6.07 Å². The highest BCUT2D eigenvalue weighted by atomic mass is 16.5. The molecule has 0 spiro atoms. The molecule has 0 radical (unpaired) electrons. The predicted molar refractivity (Wildman–Crippen MR) is 93.8 cm³/mol. The minimum absolute atomic E-state index is 0.313. The maximum atomic E-state index is 11.9. The number of carbonyl (C=O) groups excluding carboxylic acids is 1. The first-order valence-electron chi connectivity index (χ1n) is 7.58. The van der Waals surface area contributed by atoms with Gasteiger partial charge < -0.3 is 20.7 Å². The van der Waals surface area contributed by atoms with E-state index in [2.05, 4.69) is 16.0 Å². The second kappa shape index (κ2) is 9.18. The second-order valence-electron chi connectivity index (χ2n) is 5.12. The highest BCUT2D eigenvalue weighted by Crippen LogP contribution is 2.11. The van der Waals surface area contributed by atoms with Crippen LogP contribution in [0, 0.1) is 11.3 Å². The van der Waals surface area contributed by atoms with E-state index in [0.29, 0.717) is 24.4 Å². The fourth-order valence-corrected chi connectivity index (χ4v) is 2.06. The quantitative estimate of drug-likeness (QED) is 0.684. The molecule has 0 aliphatic carbocycles. The van der Waals surface area contributed by atoms with E-state index in [9.17, 15) is 4.79 Å². The summed E-state index contributed by atoms with van der Waals surface area (Å²) in [7, 11) is 1.66. The van der Waals surface area contributed by atoms with E-state index in [1.165, 1.54) is 0 Å². The lowest BCUT2D eigenvalue weighted by Crippen LogP contribution is -2.28. The molecule has 0 aromatic heterocycles. The van der Waals surface area contributed by atoms with Gasteiger partial charge in [0.25, 0.3) is 0 Å². The Morgan fingerprint density at radius 3 is 2.67 bits per heavy atom. The number of nitriles is 1. The molecule has 0 unspecified atom stereocenters. The summed E-state index contributed by atoms with van der Waals surface area (Å²) in [5, 5.41) is 17.6. The highest BCUT2D eigenvalue weighted by molar-refractivity contribution is 5.89. The molecule has 0 aliphatic rings. The van der Waals surface area contributed by atoms with Crippen LogP contribution in [0.4, 0.5) is 16.2 Å². The van der Waals surface area contributed by atoms with Crippen molar-refractivity contribution in [2.75, 3.05) is 30.9 Å². The van der Waals surface area contributed by atoms with E-state index < -0.39 is 0 Å². The monoisotopic (exact) mass is 324 g/mol. The van der Waals surface area contributed by atoms with Crippen LogP contribution in [0.2, 0.25) is 0 Å². The molecule has 0 heterocycles. The zero-order chi connectivity index (χ0) is 17.2. The Labute approximate surface area is 141 Å². The number of hydrogen-bond donors (Lipinski definition) is 3.